The zero-order chi connectivity index (χ0) is 23.1. The Balaban J connectivity index is 1.90. The highest BCUT2D eigenvalue weighted by molar-refractivity contribution is 7.41. The van der Waals surface area contributed by atoms with Crippen molar-refractivity contribution in [2.45, 2.75) is 46.8 Å². The molecule has 0 fully saturated rings. The first-order valence-electron chi connectivity index (χ1n) is 9.86. The Morgan fingerprint density at radius 2 is 1.88 bits per heavy atom. The third kappa shape index (κ3) is 6.57. The number of carbonyl (C=O) groups excluding carboxylic acids is 1. The molecule has 0 atom stereocenters. The van der Waals surface area contributed by atoms with E-state index in [1.165, 1.54) is 23.5 Å². The van der Waals surface area contributed by atoms with E-state index in [0.29, 0.717) is 24.4 Å². The second-order valence-electron chi connectivity index (χ2n) is 7.20. The fourth-order valence-electron chi connectivity index (χ4n) is 2.37. The lowest BCUT2D eigenvalue weighted by Gasteiger charge is -2.19. The Labute approximate surface area is 185 Å². The highest BCUT2D eigenvalue weighted by atomic mass is 31.2. The van der Waals surface area contributed by atoms with Crippen LogP contribution in [0.4, 0.5) is 10.7 Å². The molecule has 3 rings (SSSR count). The van der Waals surface area contributed by atoms with Gasteiger partial charge < -0.3 is 18.3 Å². The van der Waals surface area contributed by atoms with Crippen LogP contribution < -0.4 is 5.32 Å². The minimum absolute atomic E-state index is 0.00763. The van der Waals surface area contributed by atoms with Gasteiger partial charge >= 0.3 is 14.7 Å². The molecule has 0 aliphatic carbocycles. The molecule has 1 amide bonds. The molecule has 0 radical (unpaired) electrons. The molecule has 32 heavy (non-hydrogen) atoms. The van der Waals surface area contributed by atoms with Crippen molar-refractivity contribution in [2.24, 2.45) is 0 Å². The summed E-state index contributed by atoms with van der Waals surface area (Å²) in [6.07, 6.45) is 3.63. The summed E-state index contributed by atoms with van der Waals surface area (Å²) >= 11 is 0. The molecule has 3 aromatic rings. The average molecular weight is 464 g/mol. The van der Waals surface area contributed by atoms with E-state index in [0.717, 1.165) is 0 Å². The summed E-state index contributed by atoms with van der Waals surface area (Å²) in [4.78, 5) is 33.6. The number of rotatable bonds is 9. The predicted molar refractivity (Wildman–Crippen MR) is 115 cm³/mol. The van der Waals surface area contributed by atoms with Gasteiger partial charge in [-0.3, -0.25) is 5.32 Å². The molecule has 172 valence electrons. The number of carbonyl (C=O) groups is 1. The molecule has 1 N–H and O–H groups in total. The summed E-state index contributed by atoms with van der Waals surface area (Å²) in [6.45, 7) is 10.0. The van der Waals surface area contributed by atoms with Crippen LogP contribution in [0.25, 0.3) is 17.0 Å². The van der Waals surface area contributed by atoms with Gasteiger partial charge in [0.15, 0.2) is 17.0 Å². The van der Waals surface area contributed by atoms with Crippen molar-refractivity contribution in [3.05, 3.63) is 24.5 Å². The number of aromatic nitrogens is 7. The van der Waals surface area contributed by atoms with Crippen molar-refractivity contribution in [3.63, 3.8) is 0 Å². The lowest BCUT2D eigenvalue weighted by atomic mass is 10.2. The first-order chi connectivity index (χ1) is 15.3. The van der Waals surface area contributed by atoms with E-state index < -0.39 is 20.3 Å². The van der Waals surface area contributed by atoms with Gasteiger partial charge in [0.05, 0.1) is 31.7 Å². The molecule has 0 unspecified atom stereocenters. The van der Waals surface area contributed by atoms with Gasteiger partial charge in [0.2, 0.25) is 5.95 Å². The van der Waals surface area contributed by atoms with Gasteiger partial charge in [-0.15, -0.1) is 0 Å². The molecule has 0 aliphatic rings. The maximum atomic E-state index is 12.1. The van der Waals surface area contributed by atoms with Crippen LogP contribution in [0.5, 0.6) is 0 Å². The molecule has 0 spiro atoms. The monoisotopic (exact) mass is 464 g/mol. The standard InChI is InChI=1S/C18H25N8O5P/c1-6-28-32(29-7-2)30-9-12-8-20-14-13(22-12)15(26-11-19-10-21-26)24-16(23-14)25-17(27)31-18(3,4)5/h8,10-11H,6-7,9H2,1-5H3,(H,20,23,24,25,27). The van der Waals surface area contributed by atoms with Crippen molar-refractivity contribution >= 4 is 31.8 Å². The molecular formula is C18H25N8O5P. The Morgan fingerprint density at radius 1 is 1.12 bits per heavy atom. The topological polar surface area (TPSA) is 148 Å². The number of hydrogen-bond donors (Lipinski definition) is 1. The highest BCUT2D eigenvalue weighted by Crippen LogP contribution is 2.40. The summed E-state index contributed by atoms with van der Waals surface area (Å²) in [5.74, 6) is 0.275. The predicted octanol–water partition coefficient (Wildman–Crippen LogP) is 3.16. The molecule has 13 nitrogen and oxygen atoms in total. The normalized spacial score (nSPS) is 11.8. The molecule has 0 bridgehead atoms. The van der Waals surface area contributed by atoms with Crippen LogP contribution in [0.1, 0.15) is 40.3 Å². The van der Waals surface area contributed by atoms with Crippen molar-refractivity contribution in [1.29, 1.82) is 0 Å². The molecule has 0 saturated heterocycles. The van der Waals surface area contributed by atoms with Crippen LogP contribution in [0, 0.1) is 0 Å². The zero-order valence-electron chi connectivity index (χ0n) is 18.5. The summed E-state index contributed by atoms with van der Waals surface area (Å²) in [7, 11) is -1.49. The minimum atomic E-state index is -1.49. The van der Waals surface area contributed by atoms with Crippen LogP contribution in [0.2, 0.25) is 0 Å². The summed E-state index contributed by atoms with van der Waals surface area (Å²) in [6, 6.07) is 0. The van der Waals surface area contributed by atoms with Gasteiger partial charge in [-0.2, -0.15) is 15.1 Å². The molecule has 0 aliphatic heterocycles. The SMILES string of the molecule is CCOP(OCC)OCc1cnc2nc(NC(=O)OC(C)(C)C)nc(-n3cncn3)c2n1. The van der Waals surface area contributed by atoms with Gasteiger partial charge in [0.25, 0.3) is 0 Å². The van der Waals surface area contributed by atoms with Crippen LogP contribution in [0.3, 0.4) is 0 Å². The summed E-state index contributed by atoms with van der Waals surface area (Å²) in [5.41, 5.74) is 0.440. The number of anilines is 1. The number of nitrogens with zero attached hydrogens (tertiary/aromatic N) is 7. The van der Waals surface area contributed by atoms with Gasteiger partial charge in [-0.1, -0.05) is 0 Å². The van der Waals surface area contributed by atoms with Gasteiger partial charge in [0.1, 0.15) is 18.3 Å². The summed E-state index contributed by atoms with van der Waals surface area (Å²) in [5, 5.41) is 6.61. The van der Waals surface area contributed by atoms with E-state index >= 15 is 0 Å². The Bertz CT molecular complexity index is 1040. The first kappa shape index (κ1) is 23.8. The van der Waals surface area contributed by atoms with E-state index in [4.69, 9.17) is 18.3 Å². The minimum Gasteiger partial charge on any atom is -0.444 e. The molecule has 3 aromatic heterocycles. The second kappa shape index (κ2) is 10.6. The fourth-order valence-corrected chi connectivity index (χ4v) is 3.25. The van der Waals surface area contributed by atoms with Crippen LogP contribution in [0.15, 0.2) is 18.9 Å². The van der Waals surface area contributed by atoms with E-state index in [9.17, 15) is 4.79 Å². The van der Waals surface area contributed by atoms with E-state index in [2.05, 4.69) is 35.3 Å². The lowest BCUT2D eigenvalue weighted by Crippen LogP contribution is -2.28. The number of nitrogens with one attached hydrogen (secondary N) is 1. The fraction of sp³-hybridized carbons (Fsp3) is 0.500. The van der Waals surface area contributed by atoms with Crippen LogP contribution in [-0.2, 0) is 24.9 Å². The van der Waals surface area contributed by atoms with Gasteiger partial charge in [-0.05, 0) is 34.6 Å². The smallest absolute Gasteiger partial charge is 0.414 e. The molecular weight excluding hydrogens is 439 g/mol. The number of fused-ring (bicyclic) bond motifs is 1. The van der Waals surface area contributed by atoms with Crippen molar-refractivity contribution < 1.29 is 23.1 Å². The lowest BCUT2D eigenvalue weighted by molar-refractivity contribution is 0.0634. The van der Waals surface area contributed by atoms with Crippen LogP contribution >= 0.6 is 8.60 Å². The molecule has 14 heteroatoms. The van der Waals surface area contributed by atoms with Gasteiger partial charge in [0, 0.05) is 0 Å². The van der Waals surface area contributed by atoms with Crippen molar-refractivity contribution in [2.75, 3.05) is 18.5 Å². The number of ether oxygens (including phenoxy) is 1. The number of hydrogen-bond acceptors (Lipinski definition) is 11. The Kier molecular flexibility index (Phi) is 7.91. The molecule has 0 aromatic carbocycles. The maximum absolute atomic E-state index is 12.1. The molecule has 3 heterocycles. The Hall–Kier alpha value is -2.86. The first-order valence-corrected chi connectivity index (χ1v) is 11.0. The third-order valence-corrected chi connectivity index (χ3v) is 4.75. The van der Waals surface area contributed by atoms with Gasteiger partial charge in [-0.25, -0.2) is 24.4 Å². The highest BCUT2D eigenvalue weighted by Gasteiger charge is 2.20. The maximum Gasteiger partial charge on any atom is 0.414 e. The van der Waals surface area contributed by atoms with E-state index in [1.54, 1.807) is 20.8 Å². The van der Waals surface area contributed by atoms with E-state index in [1.807, 2.05) is 13.8 Å². The zero-order valence-corrected chi connectivity index (χ0v) is 19.4. The summed E-state index contributed by atoms with van der Waals surface area (Å²) < 4.78 is 23.2. The van der Waals surface area contributed by atoms with Crippen LogP contribution in [-0.4, -0.2) is 59.6 Å². The quantitative estimate of drug-likeness (QED) is 0.465. The van der Waals surface area contributed by atoms with E-state index in [-0.39, 0.29) is 24.0 Å². The largest absolute Gasteiger partial charge is 0.444 e. The van der Waals surface area contributed by atoms with Crippen molar-refractivity contribution in [1.82, 2.24) is 34.7 Å². The second-order valence-corrected chi connectivity index (χ2v) is 8.43. The molecule has 0 saturated carbocycles. The average Bonchev–Trinajstić information content (AvgIpc) is 3.25. The van der Waals surface area contributed by atoms with Crippen molar-refractivity contribution in [3.8, 4) is 5.82 Å². The number of amides is 1. The third-order valence-electron chi connectivity index (χ3n) is 3.47. The Morgan fingerprint density at radius 3 is 2.50 bits per heavy atom.